The Balaban J connectivity index is 0.000000878. The second kappa shape index (κ2) is 8.87. The summed E-state index contributed by atoms with van der Waals surface area (Å²) in [6, 6.07) is 10.0. The first-order chi connectivity index (χ1) is 13.3. The SMILES string of the molecule is NC(=O)c1ccc(CC(N)CN2C(=O)c3ccccc3C2=O)cc1F.O=CO. The molecule has 1 unspecified atom stereocenters. The molecule has 3 amide bonds. The molecular weight excluding hydrogens is 369 g/mol. The normalized spacial score (nSPS) is 13.4. The zero-order valence-corrected chi connectivity index (χ0v) is 14.7. The average Bonchev–Trinajstić information content (AvgIpc) is 2.87. The number of amides is 3. The summed E-state index contributed by atoms with van der Waals surface area (Å²) in [5, 5.41) is 6.89. The number of carbonyl (C=O) groups is 4. The van der Waals surface area contributed by atoms with E-state index in [0.29, 0.717) is 16.7 Å². The van der Waals surface area contributed by atoms with Crippen molar-refractivity contribution in [3.63, 3.8) is 0 Å². The molecular formula is C19H18FN3O5. The topological polar surface area (TPSA) is 144 Å². The Bertz CT molecular complexity index is 897. The molecule has 0 saturated carbocycles. The molecule has 2 aromatic carbocycles. The van der Waals surface area contributed by atoms with Crippen molar-refractivity contribution in [3.8, 4) is 0 Å². The van der Waals surface area contributed by atoms with Gasteiger partial charge in [-0.15, -0.1) is 0 Å². The maximum atomic E-state index is 13.8. The van der Waals surface area contributed by atoms with Crippen molar-refractivity contribution < 1.29 is 28.7 Å². The lowest BCUT2D eigenvalue weighted by Crippen LogP contribution is -2.41. The molecule has 1 heterocycles. The predicted molar refractivity (Wildman–Crippen MR) is 97.1 cm³/mol. The maximum Gasteiger partial charge on any atom is 0.290 e. The highest BCUT2D eigenvalue weighted by Crippen LogP contribution is 2.22. The fourth-order valence-electron chi connectivity index (χ4n) is 2.89. The molecule has 1 aliphatic heterocycles. The minimum atomic E-state index is -0.848. The van der Waals surface area contributed by atoms with Gasteiger partial charge in [0.15, 0.2) is 0 Å². The molecule has 0 bridgehead atoms. The van der Waals surface area contributed by atoms with Gasteiger partial charge in [0.25, 0.3) is 24.2 Å². The van der Waals surface area contributed by atoms with Crippen LogP contribution in [0, 0.1) is 5.82 Å². The predicted octanol–water partition coefficient (Wildman–Crippen LogP) is 0.791. The molecule has 0 aliphatic carbocycles. The molecule has 9 heteroatoms. The number of carboxylic acid groups (broad SMARTS) is 1. The quantitative estimate of drug-likeness (QED) is 0.511. The number of fused-ring (bicyclic) bond motifs is 1. The third-order valence-corrected chi connectivity index (χ3v) is 4.09. The number of primary amides is 1. The van der Waals surface area contributed by atoms with Crippen molar-refractivity contribution in [1.29, 1.82) is 0 Å². The Morgan fingerprint density at radius 1 is 1.14 bits per heavy atom. The fourth-order valence-corrected chi connectivity index (χ4v) is 2.89. The number of hydrogen-bond donors (Lipinski definition) is 3. The van der Waals surface area contributed by atoms with Crippen LogP contribution in [0.1, 0.15) is 36.6 Å². The lowest BCUT2D eigenvalue weighted by atomic mass is 10.0. The van der Waals surface area contributed by atoms with Gasteiger partial charge in [0.2, 0.25) is 0 Å². The van der Waals surface area contributed by atoms with E-state index in [9.17, 15) is 18.8 Å². The van der Waals surface area contributed by atoms with Crippen LogP contribution in [0.3, 0.4) is 0 Å². The number of rotatable bonds is 5. The number of nitrogens with two attached hydrogens (primary N) is 2. The molecule has 0 aromatic heterocycles. The smallest absolute Gasteiger partial charge is 0.290 e. The average molecular weight is 387 g/mol. The van der Waals surface area contributed by atoms with E-state index in [1.807, 2.05) is 0 Å². The van der Waals surface area contributed by atoms with E-state index in [4.69, 9.17) is 21.4 Å². The van der Waals surface area contributed by atoms with E-state index < -0.39 is 17.8 Å². The number of hydrogen-bond acceptors (Lipinski definition) is 5. The van der Waals surface area contributed by atoms with Gasteiger partial charge in [-0.25, -0.2) is 4.39 Å². The van der Waals surface area contributed by atoms with Crippen LogP contribution in [0.25, 0.3) is 0 Å². The van der Waals surface area contributed by atoms with E-state index in [2.05, 4.69) is 0 Å². The summed E-state index contributed by atoms with van der Waals surface area (Å²) >= 11 is 0. The lowest BCUT2D eigenvalue weighted by Gasteiger charge is -2.19. The van der Waals surface area contributed by atoms with Crippen LogP contribution in [0.5, 0.6) is 0 Å². The third kappa shape index (κ3) is 4.38. The Morgan fingerprint density at radius 3 is 2.14 bits per heavy atom. The van der Waals surface area contributed by atoms with Gasteiger partial charge in [-0.05, 0) is 36.2 Å². The zero-order valence-electron chi connectivity index (χ0n) is 14.7. The Hall–Kier alpha value is -3.59. The van der Waals surface area contributed by atoms with E-state index in [1.54, 1.807) is 30.3 Å². The van der Waals surface area contributed by atoms with Crippen LogP contribution in [0.15, 0.2) is 42.5 Å². The first-order valence-corrected chi connectivity index (χ1v) is 8.17. The Kier molecular flexibility index (Phi) is 6.56. The van der Waals surface area contributed by atoms with Crippen molar-refractivity contribution in [2.24, 2.45) is 11.5 Å². The van der Waals surface area contributed by atoms with Crippen molar-refractivity contribution in [2.75, 3.05) is 6.54 Å². The first-order valence-electron chi connectivity index (χ1n) is 8.17. The van der Waals surface area contributed by atoms with E-state index >= 15 is 0 Å². The maximum absolute atomic E-state index is 13.8. The molecule has 5 N–H and O–H groups in total. The van der Waals surface area contributed by atoms with Crippen molar-refractivity contribution in [2.45, 2.75) is 12.5 Å². The molecule has 0 saturated heterocycles. The van der Waals surface area contributed by atoms with Gasteiger partial charge in [-0.2, -0.15) is 0 Å². The van der Waals surface area contributed by atoms with Gasteiger partial charge in [0.1, 0.15) is 5.82 Å². The highest BCUT2D eigenvalue weighted by molar-refractivity contribution is 6.21. The molecule has 8 nitrogen and oxygen atoms in total. The molecule has 1 atom stereocenters. The summed E-state index contributed by atoms with van der Waals surface area (Å²) in [5.41, 5.74) is 12.2. The van der Waals surface area contributed by atoms with Crippen LogP contribution in [-0.4, -0.2) is 46.8 Å². The summed E-state index contributed by atoms with van der Waals surface area (Å²) in [4.78, 5) is 45.1. The second-order valence-corrected chi connectivity index (χ2v) is 6.01. The summed E-state index contributed by atoms with van der Waals surface area (Å²) in [6.07, 6.45) is 0.239. The lowest BCUT2D eigenvalue weighted by molar-refractivity contribution is -0.122. The van der Waals surface area contributed by atoms with Gasteiger partial charge >= 0.3 is 0 Å². The molecule has 1 aliphatic rings. The molecule has 3 rings (SSSR count). The standard InChI is InChI=1S/C18H16FN3O3.CH2O2/c19-15-8-10(5-6-14(15)16(21)23)7-11(20)9-22-17(24)12-3-1-2-4-13(12)18(22)25;2-1-3/h1-6,8,11H,7,9,20H2,(H2,21,23);1H,(H,2,3). The largest absolute Gasteiger partial charge is 0.483 e. The van der Waals surface area contributed by atoms with Crippen molar-refractivity contribution in [3.05, 3.63) is 70.5 Å². The Morgan fingerprint density at radius 2 is 1.68 bits per heavy atom. The van der Waals surface area contributed by atoms with Gasteiger partial charge in [-0.3, -0.25) is 24.1 Å². The number of benzene rings is 2. The second-order valence-electron chi connectivity index (χ2n) is 6.01. The summed E-state index contributed by atoms with van der Waals surface area (Å²) in [7, 11) is 0. The van der Waals surface area contributed by atoms with Crippen LogP contribution in [0.2, 0.25) is 0 Å². The number of nitrogens with zero attached hydrogens (tertiary/aromatic N) is 1. The van der Waals surface area contributed by atoms with E-state index in [0.717, 1.165) is 4.90 Å². The number of imide groups is 1. The molecule has 146 valence electrons. The molecule has 0 fully saturated rings. The van der Waals surface area contributed by atoms with Gasteiger partial charge in [0.05, 0.1) is 16.7 Å². The van der Waals surface area contributed by atoms with Gasteiger partial charge < -0.3 is 16.6 Å². The van der Waals surface area contributed by atoms with Crippen LogP contribution in [-0.2, 0) is 11.2 Å². The van der Waals surface area contributed by atoms with E-state index in [1.165, 1.54) is 12.1 Å². The molecule has 2 aromatic rings. The molecule has 28 heavy (non-hydrogen) atoms. The van der Waals surface area contributed by atoms with Gasteiger partial charge in [0, 0.05) is 12.6 Å². The zero-order chi connectivity index (χ0) is 20.8. The Labute approximate surface area is 159 Å². The fraction of sp³-hybridized carbons (Fsp3) is 0.158. The molecule has 0 radical (unpaired) electrons. The van der Waals surface area contributed by atoms with E-state index in [-0.39, 0.29) is 36.8 Å². The van der Waals surface area contributed by atoms with Crippen molar-refractivity contribution >= 4 is 24.2 Å². The van der Waals surface area contributed by atoms with Crippen LogP contribution in [0.4, 0.5) is 4.39 Å². The minimum Gasteiger partial charge on any atom is -0.483 e. The van der Waals surface area contributed by atoms with Crippen LogP contribution >= 0.6 is 0 Å². The van der Waals surface area contributed by atoms with Crippen LogP contribution < -0.4 is 11.5 Å². The number of halogens is 1. The summed E-state index contributed by atoms with van der Waals surface area (Å²) in [5.74, 6) is -2.34. The monoisotopic (exact) mass is 387 g/mol. The summed E-state index contributed by atoms with van der Waals surface area (Å²) in [6.45, 7) is -0.231. The number of carbonyl (C=O) groups excluding carboxylic acids is 3. The first kappa shape index (κ1) is 20.7. The highest BCUT2D eigenvalue weighted by Gasteiger charge is 2.35. The third-order valence-electron chi connectivity index (χ3n) is 4.09. The van der Waals surface area contributed by atoms with Gasteiger partial charge in [-0.1, -0.05) is 18.2 Å². The molecule has 0 spiro atoms. The summed E-state index contributed by atoms with van der Waals surface area (Å²) < 4.78 is 13.8. The van der Waals surface area contributed by atoms with Crippen molar-refractivity contribution in [1.82, 2.24) is 4.90 Å². The highest BCUT2D eigenvalue weighted by atomic mass is 19.1. The minimum absolute atomic E-state index is 0.0194.